The quantitative estimate of drug-likeness (QED) is 0.0638. The van der Waals surface area contributed by atoms with Crippen molar-refractivity contribution in [1.29, 1.82) is 0 Å². The van der Waals surface area contributed by atoms with Crippen LogP contribution in [0.4, 0.5) is 0 Å². The molecule has 0 saturated heterocycles. The molecule has 3 aromatic carbocycles. The number of furan rings is 1. The van der Waals surface area contributed by atoms with Crippen molar-refractivity contribution in [2.75, 3.05) is 0 Å². The Labute approximate surface area is 322 Å². The van der Waals surface area contributed by atoms with E-state index in [1.165, 1.54) is 17.0 Å². The smallest absolute Gasteiger partial charge is 0.216 e. The topological polar surface area (TPSA) is 89.1 Å². The number of pyridine rings is 1. The van der Waals surface area contributed by atoms with Gasteiger partial charge in [-0.25, -0.2) is 9.97 Å². The minimum absolute atomic E-state index is 0. The first-order chi connectivity index (χ1) is 24.2. The predicted molar refractivity (Wildman–Crippen MR) is 212 cm³/mol. The van der Waals surface area contributed by atoms with Crippen LogP contribution >= 0.6 is 0 Å². The van der Waals surface area contributed by atoms with Crippen LogP contribution in [0.3, 0.4) is 0 Å². The van der Waals surface area contributed by atoms with Crippen molar-refractivity contribution < 1.29 is 34.4 Å². The number of hydrogen-bond donors (Lipinski definition) is 1. The van der Waals surface area contributed by atoms with Crippen molar-refractivity contribution in [3.8, 4) is 11.3 Å². The van der Waals surface area contributed by atoms with Crippen LogP contribution in [0.2, 0.25) is 0 Å². The van der Waals surface area contributed by atoms with Crippen molar-refractivity contribution in [3.63, 3.8) is 0 Å². The summed E-state index contributed by atoms with van der Waals surface area (Å²) < 4.78 is 6.38. The SMILES string of the molecule is CCC(C)(CC)C(=O)/C=C(\O)C(C)(CC)CC.Cc1ccc2ccc3c(-c4[c-]ccc5c4oc4nc(C(C)C)ccc45)nc(C(C)C)nc3c2c1.[Ir]. The molecule has 0 aliphatic carbocycles. The molecule has 7 heteroatoms. The van der Waals surface area contributed by atoms with E-state index in [4.69, 9.17) is 19.4 Å². The molecule has 0 aliphatic heterocycles. The molecule has 0 amide bonds. The standard InChI is InChI=1S/C30H26N3O.C15H28O2.Ir/c1-16(2)25-14-13-21-20-7-6-8-23(28(20)34-30(21)31-25)26-22-12-11-19-10-9-18(5)15-24(19)27(22)33-29(32-26)17(3)4;1-7-14(5,8-2)12(16)11-13(17)15(6,9-3)10-4;/h6-7,9-17H,1-5H3;11,16H,7-10H2,1-6H3;/q-1;;/b;12-11-;. The summed E-state index contributed by atoms with van der Waals surface area (Å²) in [5.74, 6) is 1.63. The van der Waals surface area contributed by atoms with Gasteiger partial charge >= 0.3 is 0 Å². The first kappa shape index (κ1) is 40.8. The fourth-order valence-electron chi connectivity index (χ4n) is 6.31. The number of aromatic nitrogens is 3. The van der Waals surface area contributed by atoms with Gasteiger partial charge < -0.3 is 9.52 Å². The molecule has 0 atom stereocenters. The Morgan fingerprint density at radius 3 is 2.06 bits per heavy atom. The summed E-state index contributed by atoms with van der Waals surface area (Å²) in [5, 5.41) is 15.5. The third-order valence-electron chi connectivity index (χ3n) is 11.1. The number of fused-ring (bicyclic) bond motifs is 6. The zero-order chi connectivity index (χ0) is 37.2. The zero-order valence-corrected chi connectivity index (χ0v) is 35.1. The van der Waals surface area contributed by atoms with Crippen LogP contribution in [0.5, 0.6) is 0 Å². The maximum atomic E-state index is 12.2. The van der Waals surface area contributed by atoms with Gasteiger partial charge in [-0.1, -0.05) is 110 Å². The van der Waals surface area contributed by atoms with Gasteiger partial charge in [0.05, 0.1) is 11.1 Å². The summed E-state index contributed by atoms with van der Waals surface area (Å²) in [6, 6.07) is 22.4. The Morgan fingerprint density at radius 1 is 0.808 bits per heavy atom. The first-order valence-electron chi connectivity index (χ1n) is 18.6. The number of aliphatic hydroxyl groups excluding tert-OH is 1. The number of carbonyl (C=O) groups is 1. The van der Waals surface area contributed by atoms with Crippen LogP contribution in [0.25, 0.3) is 55.0 Å². The average Bonchev–Trinajstić information content (AvgIpc) is 3.52. The third kappa shape index (κ3) is 7.87. The van der Waals surface area contributed by atoms with E-state index in [2.05, 4.69) is 83.1 Å². The minimum atomic E-state index is -0.337. The molecule has 1 radical (unpaired) electrons. The second-order valence-electron chi connectivity index (χ2n) is 15.1. The van der Waals surface area contributed by atoms with Crippen molar-refractivity contribution in [2.24, 2.45) is 10.8 Å². The van der Waals surface area contributed by atoms with E-state index in [1.807, 2.05) is 53.7 Å². The molecule has 0 fully saturated rings. The molecule has 6 nitrogen and oxygen atoms in total. The molecule has 6 aromatic rings. The van der Waals surface area contributed by atoms with E-state index < -0.39 is 0 Å². The molecule has 0 saturated carbocycles. The molecule has 3 aromatic heterocycles. The summed E-state index contributed by atoms with van der Waals surface area (Å²) in [4.78, 5) is 27.0. The van der Waals surface area contributed by atoms with Crippen molar-refractivity contribution in [1.82, 2.24) is 15.0 Å². The Kier molecular flexibility index (Phi) is 12.9. The Balaban J connectivity index is 0.000000289. The van der Waals surface area contributed by atoms with Gasteiger partial charge in [0, 0.05) is 65.1 Å². The Morgan fingerprint density at radius 2 is 1.44 bits per heavy atom. The number of benzene rings is 3. The van der Waals surface area contributed by atoms with Crippen molar-refractivity contribution in [2.45, 2.75) is 114 Å². The number of carbonyl (C=O) groups excluding carboxylic acids is 1. The van der Waals surface area contributed by atoms with E-state index in [0.717, 1.165) is 81.1 Å². The van der Waals surface area contributed by atoms with Gasteiger partial charge in [-0.3, -0.25) is 9.78 Å². The van der Waals surface area contributed by atoms with E-state index in [1.54, 1.807) is 0 Å². The monoisotopic (exact) mass is 877 g/mol. The largest absolute Gasteiger partial charge is 0.512 e. The van der Waals surface area contributed by atoms with Crippen molar-refractivity contribution in [3.05, 3.63) is 89.6 Å². The molecule has 277 valence electrons. The molecule has 3 heterocycles. The van der Waals surface area contributed by atoms with E-state index in [9.17, 15) is 9.90 Å². The van der Waals surface area contributed by atoms with Gasteiger partial charge in [0.2, 0.25) is 5.71 Å². The van der Waals surface area contributed by atoms with Crippen LogP contribution < -0.4 is 0 Å². The molecule has 0 aliphatic rings. The van der Waals surface area contributed by atoms with Gasteiger partial charge in [-0.15, -0.1) is 18.2 Å². The average molecular weight is 877 g/mol. The summed E-state index contributed by atoms with van der Waals surface area (Å²) in [6.07, 6.45) is 4.75. The fourth-order valence-corrected chi connectivity index (χ4v) is 6.31. The number of nitrogens with zero attached hydrogens (tertiary/aromatic N) is 3. The number of allylic oxidation sites excluding steroid dienone is 2. The van der Waals surface area contributed by atoms with Gasteiger partial charge in [0.25, 0.3) is 0 Å². The fraction of sp³-hybridized carbons (Fsp3) is 0.422. The Bertz CT molecular complexity index is 2240. The van der Waals surface area contributed by atoms with Gasteiger partial charge in [0.15, 0.2) is 5.78 Å². The van der Waals surface area contributed by atoms with Crippen molar-refractivity contribution >= 4 is 49.5 Å². The van der Waals surface area contributed by atoms with Gasteiger partial charge in [0.1, 0.15) is 11.6 Å². The molecule has 0 spiro atoms. The normalized spacial score (nSPS) is 12.5. The van der Waals surface area contributed by atoms with Crippen LogP contribution in [-0.2, 0) is 24.9 Å². The van der Waals surface area contributed by atoms with Crippen LogP contribution in [0, 0.1) is 23.8 Å². The molecule has 0 bridgehead atoms. The van der Waals surface area contributed by atoms with E-state index in [-0.39, 0.29) is 48.4 Å². The number of ketones is 1. The maximum Gasteiger partial charge on any atom is 0.216 e. The van der Waals surface area contributed by atoms with Crippen LogP contribution in [0.15, 0.2) is 70.8 Å². The second-order valence-corrected chi connectivity index (χ2v) is 15.1. The molecular formula is C45H54IrN3O3-. The maximum absolute atomic E-state index is 12.2. The first-order valence-corrected chi connectivity index (χ1v) is 18.6. The van der Waals surface area contributed by atoms with Gasteiger partial charge in [-0.05, 0) is 67.5 Å². The van der Waals surface area contributed by atoms with E-state index >= 15 is 0 Å². The molecule has 52 heavy (non-hydrogen) atoms. The second kappa shape index (κ2) is 16.4. The van der Waals surface area contributed by atoms with Crippen LogP contribution in [-0.4, -0.2) is 25.8 Å². The molecule has 1 N–H and O–H groups in total. The molecule has 0 unspecified atom stereocenters. The summed E-state index contributed by atoms with van der Waals surface area (Å²) in [5.41, 5.74) is 5.73. The zero-order valence-electron chi connectivity index (χ0n) is 32.7. The number of aliphatic hydroxyl groups is 1. The third-order valence-corrected chi connectivity index (χ3v) is 11.1. The number of hydrogen-bond acceptors (Lipinski definition) is 6. The summed E-state index contributed by atoms with van der Waals surface area (Å²) in [6.45, 7) is 22.7. The summed E-state index contributed by atoms with van der Waals surface area (Å²) in [7, 11) is 0. The Hall–Kier alpha value is -3.93. The van der Waals surface area contributed by atoms with Crippen LogP contribution in [0.1, 0.15) is 124 Å². The summed E-state index contributed by atoms with van der Waals surface area (Å²) >= 11 is 0. The van der Waals surface area contributed by atoms with E-state index in [0.29, 0.717) is 11.6 Å². The minimum Gasteiger partial charge on any atom is -0.512 e. The molecule has 6 rings (SSSR count). The molecular weight excluding hydrogens is 823 g/mol. The van der Waals surface area contributed by atoms with Gasteiger partial charge in [-0.2, -0.15) is 0 Å². The number of rotatable bonds is 10. The predicted octanol–water partition coefficient (Wildman–Crippen LogP) is 12.7. The number of aryl methyl sites for hydroxylation is 1.